The lowest BCUT2D eigenvalue weighted by Gasteiger charge is -2.14. The van der Waals surface area contributed by atoms with Crippen molar-refractivity contribution in [3.8, 4) is 23.6 Å². The molecule has 2 aromatic carbocycles. The molecule has 5 nitrogen and oxygen atoms in total. The molecule has 0 aromatic heterocycles. The Morgan fingerprint density at radius 3 is 2.65 bits per heavy atom. The number of benzene rings is 2. The van der Waals surface area contributed by atoms with Gasteiger partial charge in [-0.3, -0.25) is 0 Å². The molecule has 0 heterocycles. The molecule has 0 fully saturated rings. The van der Waals surface area contributed by atoms with E-state index in [1.165, 1.54) is 7.11 Å². The average Bonchev–Trinajstić information content (AvgIpc) is 2.64. The molecule has 2 aromatic rings. The van der Waals surface area contributed by atoms with Crippen molar-refractivity contribution in [1.82, 2.24) is 0 Å². The molecule has 2 N–H and O–H groups in total. The number of methoxy groups -OCH3 is 1. The number of hydrogen-bond donors (Lipinski definition) is 1. The van der Waals surface area contributed by atoms with Crippen molar-refractivity contribution in [3.63, 3.8) is 0 Å². The van der Waals surface area contributed by atoms with Gasteiger partial charge < -0.3 is 15.2 Å². The summed E-state index contributed by atoms with van der Waals surface area (Å²) in [6.07, 6.45) is 1.60. The van der Waals surface area contributed by atoms with Crippen LogP contribution in [0.15, 0.2) is 42.0 Å². The first-order chi connectivity index (χ1) is 12.5. The Hall–Kier alpha value is -2.62. The zero-order valence-electron chi connectivity index (χ0n) is 13.8. The second kappa shape index (κ2) is 9.18. The van der Waals surface area contributed by atoms with Crippen LogP contribution in [0.5, 0.6) is 11.5 Å². The van der Waals surface area contributed by atoms with Gasteiger partial charge in [-0.2, -0.15) is 10.5 Å². The van der Waals surface area contributed by atoms with Gasteiger partial charge in [-0.15, -0.1) is 0 Å². The summed E-state index contributed by atoms with van der Waals surface area (Å²) in [5.41, 5.74) is 7.82. The molecule has 0 amide bonds. The van der Waals surface area contributed by atoms with Gasteiger partial charge in [-0.1, -0.05) is 30.4 Å². The fourth-order valence-electron chi connectivity index (χ4n) is 2.19. The highest BCUT2D eigenvalue weighted by Crippen LogP contribution is 2.35. The van der Waals surface area contributed by atoms with Crippen molar-refractivity contribution in [2.45, 2.75) is 6.61 Å². The molecule has 7 heteroatoms. The summed E-state index contributed by atoms with van der Waals surface area (Å²) in [6, 6.07) is 14.9. The monoisotopic (exact) mass is 475 g/mol. The Bertz CT molecular complexity index is 958. The van der Waals surface area contributed by atoms with Crippen LogP contribution in [0.25, 0.3) is 6.08 Å². The summed E-state index contributed by atoms with van der Waals surface area (Å²) in [6.45, 7) is 0.238. The maximum atomic E-state index is 9.17. The highest BCUT2D eigenvalue weighted by molar-refractivity contribution is 14.1. The Labute approximate surface area is 170 Å². The van der Waals surface area contributed by atoms with Gasteiger partial charge in [0.15, 0.2) is 11.5 Å². The largest absolute Gasteiger partial charge is 0.493 e. The van der Waals surface area contributed by atoms with E-state index in [4.69, 9.17) is 32.7 Å². The molecule has 0 bridgehead atoms. The average molecular weight is 475 g/mol. The van der Waals surface area contributed by atoms with Crippen molar-refractivity contribution < 1.29 is 9.47 Å². The third-order valence-electron chi connectivity index (χ3n) is 3.46. The normalized spacial score (nSPS) is 10.5. The quantitative estimate of drug-likeness (QED) is 0.295. The lowest BCUT2D eigenvalue weighted by Crippen LogP contribution is -2.09. The van der Waals surface area contributed by atoms with E-state index in [1.54, 1.807) is 18.2 Å². The highest BCUT2D eigenvalue weighted by Gasteiger charge is 2.13. The number of ether oxygens (including phenoxy) is 2. The van der Waals surface area contributed by atoms with Crippen LogP contribution >= 0.6 is 34.8 Å². The van der Waals surface area contributed by atoms with Crippen molar-refractivity contribution in [2.75, 3.05) is 7.11 Å². The maximum Gasteiger partial charge on any atom is 0.174 e. The van der Waals surface area contributed by atoms with E-state index in [9.17, 15) is 5.26 Å². The number of nitriles is 2. The molecule has 0 saturated carbocycles. The van der Waals surface area contributed by atoms with E-state index in [2.05, 4.69) is 28.7 Å². The van der Waals surface area contributed by atoms with E-state index in [0.717, 1.165) is 14.7 Å². The molecular weight excluding hydrogens is 461 g/mol. The highest BCUT2D eigenvalue weighted by atomic mass is 127. The van der Waals surface area contributed by atoms with Gasteiger partial charge >= 0.3 is 0 Å². The minimum Gasteiger partial charge on any atom is -0.493 e. The summed E-state index contributed by atoms with van der Waals surface area (Å²) >= 11 is 6.98. The van der Waals surface area contributed by atoms with E-state index in [1.807, 2.05) is 30.3 Å². The first kappa shape index (κ1) is 19.7. The molecule has 0 aliphatic rings. The van der Waals surface area contributed by atoms with Gasteiger partial charge in [-0.05, 0) is 52.4 Å². The fourth-order valence-corrected chi connectivity index (χ4v) is 3.08. The van der Waals surface area contributed by atoms with Gasteiger partial charge in [0, 0.05) is 5.56 Å². The van der Waals surface area contributed by atoms with Crippen molar-refractivity contribution in [3.05, 3.63) is 62.2 Å². The number of hydrogen-bond acceptors (Lipinski definition) is 5. The van der Waals surface area contributed by atoms with E-state index in [-0.39, 0.29) is 17.2 Å². The third kappa shape index (κ3) is 4.72. The van der Waals surface area contributed by atoms with Crippen molar-refractivity contribution in [2.24, 2.45) is 5.73 Å². The summed E-state index contributed by atoms with van der Waals surface area (Å²) in [7, 11) is 1.54. The number of nitrogens with zero attached hydrogens (tertiary/aromatic N) is 2. The minimum absolute atomic E-state index is 0.0370. The fraction of sp³-hybridized carbons (Fsp3) is 0.105. The van der Waals surface area contributed by atoms with Crippen LogP contribution in [0.3, 0.4) is 0 Å². The van der Waals surface area contributed by atoms with Gasteiger partial charge in [0.25, 0.3) is 0 Å². The number of thiocarbonyl (C=S) groups is 1. The summed E-state index contributed by atoms with van der Waals surface area (Å²) in [5, 5.41) is 18.3. The number of halogens is 1. The SMILES string of the molecule is COc1cc(/C=C(/C#N)C(N)=S)cc(I)c1OCc1ccccc1C#N. The predicted octanol–water partition coefficient (Wildman–Crippen LogP) is 3.94. The summed E-state index contributed by atoms with van der Waals surface area (Å²) in [4.78, 5) is 0.0370. The van der Waals surface area contributed by atoms with Crippen molar-refractivity contribution >= 4 is 45.9 Å². The second-order valence-electron chi connectivity index (χ2n) is 5.13. The second-order valence-corrected chi connectivity index (χ2v) is 6.73. The standard InChI is InChI=1S/C19H14IN3O2S/c1-24-17-8-12(6-15(10-22)19(23)26)7-16(20)18(17)25-11-14-5-3-2-4-13(14)9-21/h2-8H,11H2,1H3,(H2,23,26)/b15-6-. The van der Waals surface area contributed by atoms with Crippen LogP contribution in [0.2, 0.25) is 0 Å². The summed E-state index contributed by atoms with van der Waals surface area (Å²) in [5.74, 6) is 1.07. The molecule has 0 aliphatic heterocycles. The molecule has 0 unspecified atom stereocenters. The van der Waals surface area contributed by atoms with Gasteiger partial charge in [0.05, 0.1) is 27.9 Å². The molecule has 0 atom stereocenters. The zero-order valence-corrected chi connectivity index (χ0v) is 16.8. The Morgan fingerprint density at radius 2 is 2.04 bits per heavy atom. The zero-order chi connectivity index (χ0) is 19.1. The van der Waals surface area contributed by atoms with E-state index < -0.39 is 0 Å². The van der Waals surface area contributed by atoms with Crippen LogP contribution in [0.1, 0.15) is 16.7 Å². The molecule has 0 aliphatic carbocycles. The first-order valence-corrected chi connectivity index (χ1v) is 8.88. The summed E-state index contributed by atoms with van der Waals surface area (Å²) < 4.78 is 12.1. The van der Waals surface area contributed by atoms with E-state index >= 15 is 0 Å². The number of nitrogens with two attached hydrogens (primary N) is 1. The smallest absolute Gasteiger partial charge is 0.174 e. The molecule has 0 radical (unpaired) electrons. The molecular formula is C19H14IN3O2S. The molecule has 26 heavy (non-hydrogen) atoms. The third-order valence-corrected chi connectivity index (χ3v) is 4.48. The Morgan fingerprint density at radius 1 is 1.31 bits per heavy atom. The first-order valence-electron chi connectivity index (χ1n) is 7.40. The predicted molar refractivity (Wildman–Crippen MR) is 112 cm³/mol. The molecule has 2 rings (SSSR count). The van der Waals surface area contributed by atoms with Crippen LogP contribution in [0, 0.1) is 26.2 Å². The topological polar surface area (TPSA) is 92.1 Å². The maximum absolute atomic E-state index is 9.17. The minimum atomic E-state index is 0.0370. The van der Waals surface area contributed by atoms with Crippen LogP contribution in [-0.4, -0.2) is 12.1 Å². The number of rotatable bonds is 6. The van der Waals surface area contributed by atoms with E-state index in [0.29, 0.717) is 17.1 Å². The van der Waals surface area contributed by atoms with Crippen LogP contribution in [0.4, 0.5) is 0 Å². The molecule has 0 spiro atoms. The lowest BCUT2D eigenvalue weighted by molar-refractivity contribution is 0.282. The van der Waals surface area contributed by atoms with Crippen LogP contribution in [-0.2, 0) is 6.61 Å². The molecule has 130 valence electrons. The van der Waals surface area contributed by atoms with Gasteiger partial charge in [-0.25, -0.2) is 0 Å². The lowest BCUT2D eigenvalue weighted by atomic mass is 10.1. The van der Waals surface area contributed by atoms with Gasteiger partial charge in [0.1, 0.15) is 17.7 Å². The Balaban J connectivity index is 2.34. The molecule has 0 saturated heterocycles. The Kier molecular flexibility index (Phi) is 6.96. The van der Waals surface area contributed by atoms with Crippen molar-refractivity contribution in [1.29, 1.82) is 10.5 Å². The van der Waals surface area contributed by atoms with Gasteiger partial charge in [0.2, 0.25) is 0 Å². The van der Waals surface area contributed by atoms with Crippen LogP contribution < -0.4 is 15.2 Å².